The molecule has 0 saturated heterocycles. The molecule has 10 heteroatoms. The lowest BCUT2D eigenvalue weighted by molar-refractivity contribution is 0.0949. The summed E-state index contributed by atoms with van der Waals surface area (Å²) in [4.78, 5) is 12.4. The molecule has 0 spiro atoms. The first-order valence-electron chi connectivity index (χ1n) is 8.76. The molecular formula is C19H21N5O3S2. The maximum absolute atomic E-state index is 12.7. The van der Waals surface area contributed by atoms with Gasteiger partial charge in [-0.3, -0.25) is 14.6 Å². The summed E-state index contributed by atoms with van der Waals surface area (Å²) in [6.07, 6.45) is 0. The number of carbonyl (C=O) groups is 1. The van der Waals surface area contributed by atoms with Crippen LogP contribution in [0.3, 0.4) is 0 Å². The number of anilines is 1. The van der Waals surface area contributed by atoms with Crippen LogP contribution < -0.4 is 10.0 Å². The molecule has 1 amide bonds. The van der Waals surface area contributed by atoms with Crippen molar-refractivity contribution in [1.29, 1.82) is 0 Å². The molecule has 0 unspecified atom stereocenters. The van der Waals surface area contributed by atoms with Gasteiger partial charge < -0.3 is 9.88 Å². The third kappa shape index (κ3) is 4.54. The molecule has 3 N–H and O–H groups in total. The summed E-state index contributed by atoms with van der Waals surface area (Å²) >= 11 is 5.03. The number of H-pyrrole nitrogens is 1. The number of aromatic nitrogens is 3. The molecule has 0 fully saturated rings. The number of benzene rings is 2. The number of hydrogen-bond acceptors (Lipinski definition) is 5. The average Bonchev–Trinajstić information content (AvgIpc) is 3.01. The number of hydrogen-bond donors (Lipinski definition) is 3. The van der Waals surface area contributed by atoms with Crippen molar-refractivity contribution in [1.82, 2.24) is 20.1 Å². The summed E-state index contributed by atoms with van der Waals surface area (Å²) in [7, 11) is -2.02. The molecule has 3 rings (SSSR count). The van der Waals surface area contributed by atoms with Crippen molar-refractivity contribution in [3.05, 3.63) is 69.8 Å². The quantitative estimate of drug-likeness (QED) is 0.520. The van der Waals surface area contributed by atoms with E-state index in [0.717, 1.165) is 11.1 Å². The second-order valence-electron chi connectivity index (χ2n) is 6.56. The minimum atomic E-state index is -3.76. The smallest absolute Gasteiger partial charge is 0.261 e. The first-order valence-corrected chi connectivity index (χ1v) is 10.7. The van der Waals surface area contributed by atoms with Crippen LogP contribution in [0.2, 0.25) is 0 Å². The zero-order chi connectivity index (χ0) is 21.2. The number of amides is 1. The molecule has 0 radical (unpaired) electrons. The molecule has 1 aromatic heterocycles. The van der Waals surface area contributed by atoms with E-state index in [0.29, 0.717) is 21.8 Å². The van der Waals surface area contributed by atoms with Crippen LogP contribution in [0.25, 0.3) is 0 Å². The topological polar surface area (TPSA) is 109 Å². The van der Waals surface area contributed by atoms with Crippen LogP contribution in [0.5, 0.6) is 0 Å². The van der Waals surface area contributed by atoms with Crippen LogP contribution in [-0.4, -0.2) is 29.1 Å². The normalized spacial score (nSPS) is 11.3. The van der Waals surface area contributed by atoms with Gasteiger partial charge in [0.05, 0.1) is 17.1 Å². The van der Waals surface area contributed by atoms with Gasteiger partial charge in [-0.25, -0.2) is 8.42 Å². The van der Waals surface area contributed by atoms with Gasteiger partial charge in [0.2, 0.25) is 0 Å². The fraction of sp³-hybridized carbons (Fsp3) is 0.211. The molecule has 0 aliphatic carbocycles. The number of nitrogens with one attached hydrogen (secondary N) is 3. The predicted molar refractivity (Wildman–Crippen MR) is 113 cm³/mol. The van der Waals surface area contributed by atoms with E-state index in [9.17, 15) is 13.2 Å². The number of rotatable bonds is 6. The van der Waals surface area contributed by atoms with E-state index in [2.05, 4.69) is 20.2 Å². The summed E-state index contributed by atoms with van der Waals surface area (Å²) in [5, 5.41) is 9.39. The van der Waals surface area contributed by atoms with Crippen LogP contribution in [0.4, 0.5) is 5.69 Å². The molecule has 8 nitrogen and oxygen atoms in total. The minimum absolute atomic E-state index is 0.0735. The summed E-state index contributed by atoms with van der Waals surface area (Å²) in [6, 6.07) is 11.2. The van der Waals surface area contributed by atoms with Crippen LogP contribution in [0, 0.1) is 18.6 Å². The molecule has 1 heterocycles. The monoisotopic (exact) mass is 431 g/mol. The maximum atomic E-state index is 12.7. The standard InChI is InChI=1S/C19H21N5O3S2/c1-12-5-4-6-16(13(12)2)23-29(26,27)15-9-7-14(8-10-15)18(25)20-11-17-21-22-19(28)24(17)3/h4-10,23H,11H2,1-3H3,(H,20,25)(H,22,28). The van der Waals surface area contributed by atoms with Gasteiger partial charge in [0.25, 0.3) is 15.9 Å². The number of aryl methyl sites for hydroxylation is 1. The number of carbonyl (C=O) groups excluding carboxylic acids is 1. The maximum Gasteiger partial charge on any atom is 0.261 e. The third-order valence-electron chi connectivity index (χ3n) is 4.66. The molecule has 2 aromatic carbocycles. The first-order chi connectivity index (χ1) is 13.7. The fourth-order valence-corrected chi connectivity index (χ4v) is 3.92. The molecule has 0 bridgehead atoms. The number of sulfonamides is 1. The summed E-state index contributed by atoms with van der Waals surface area (Å²) in [5.41, 5.74) is 2.72. The highest BCUT2D eigenvalue weighted by atomic mass is 32.2. The minimum Gasteiger partial charge on any atom is -0.345 e. The van der Waals surface area contributed by atoms with E-state index in [1.165, 1.54) is 24.3 Å². The molecule has 3 aromatic rings. The predicted octanol–water partition coefficient (Wildman–Crippen LogP) is 2.83. The Labute approximate surface area is 174 Å². The van der Waals surface area contributed by atoms with Gasteiger partial charge in [0.1, 0.15) is 0 Å². The Hall–Kier alpha value is -2.98. The second kappa shape index (κ2) is 8.18. The first kappa shape index (κ1) is 20.7. The Balaban J connectivity index is 1.71. The summed E-state index contributed by atoms with van der Waals surface area (Å²) in [6.45, 7) is 3.96. The van der Waals surface area contributed by atoms with Crippen molar-refractivity contribution >= 4 is 33.8 Å². The molecular weight excluding hydrogens is 410 g/mol. The Morgan fingerprint density at radius 3 is 2.48 bits per heavy atom. The Kier molecular flexibility index (Phi) is 5.85. The van der Waals surface area contributed by atoms with E-state index in [1.54, 1.807) is 23.7 Å². The zero-order valence-corrected chi connectivity index (χ0v) is 17.8. The van der Waals surface area contributed by atoms with Crippen molar-refractivity contribution in [3.63, 3.8) is 0 Å². The van der Waals surface area contributed by atoms with Crippen molar-refractivity contribution in [2.45, 2.75) is 25.3 Å². The van der Waals surface area contributed by atoms with E-state index in [1.807, 2.05) is 19.9 Å². The van der Waals surface area contributed by atoms with Crippen molar-refractivity contribution in [3.8, 4) is 0 Å². The van der Waals surface area contributed by atoms with E-state index in [4.69, 9.17) is 12.2 Å². The van der Waals surface area contributed by atoms with E-state index < -0.39 is 10.0 Å². The fourth-order valence-electron chi connectivity index (χ4n) is 2.65. The summed E-state index contributed by atoms with van der Waals surface area (Å²) in [5.74, 6) is 0.241. The summed E-state index contributed by atoms with van der Waals surface area (Å²) < 4.78 is 30.0. The number of aromatic amines is 1. The Morgan fingerprint density at radius 2 is 1.86 bits per heavy atom. The van der Waals surface area contributed by atoms with Crippen molar-refractivity contribution < 1.29 is 13.2 Å². The zero-order valence-electron chi connectivity index (χ0n) is 16.2. The van der Waals surface area contributed by atoms with Gasteiger partial charge in [0.15, 0.2) is 10.6 Å². The largest absolute Gasteiger partial charge is 0.345 e. The van der Waals surface area contributed by atoms with Crippen LogP contribution in [-0.2, 0) is 23.6 Å². The second-order valence-corrected chi connectivity index (χ2v) is 8.63. The van der Waals surface area contributed by atoms with Gasteiger partial charge >= 0.3 is 0 Å². The Morgan fingerprint density at radius 1 is 1.17 bits per heavy atom. The third-order valence-corrected chi connectivity index (χ3v) is 6.40. The lowest BCUT2D eigenvalue weighted by Crippen LogP contribution is -2.24. The van der Waals surface area contributed by atoms with Crippen LogP contribution in [0.1, 0.15) is 27.3 Å². The lowest BCUT2D eigenvalue weighted by atomic mass is 10.1. The van der Waals surface area contributed by atoms with Gasteiger partial charge in [-0.15, -0.1) is 0 Å². The number of nitrogens with zero attached hydrogens (tertiary/aromatic N) is 2. The van der Waals surface area contributed by atoms with Gasteiger partial charge in [-0.05, 0) is 67.5 Å². The van der Waals surface area contributed by atoms with Crippen LogP contribution in [0.15, 0.2) is 47.4 Å². The van der Waals surface area contributed by atoms with E-state index in [-0.39, 0.29) is 17.3 Å². The lowest BCUT2D eigenvalue weighted by Gasteiger charge is -2.12. The molecule has 29 heavy (non-hydrogen) atoms. The van der Waals surface area contributed by atoms with Gasteiger partial charge in [0, 0.05) is 12.6 Å². The highest BCUT2D eigenvalue weighted by Gasteiger charge is 2.17. The van der Waals surface area contributed by atoms with Gasteiger partial charge in [-0.1, -0.05) is 12.1 Å². The highest BCUT2D eigenvalue weighted by molar-refractivity contribution is 7.92. The molecule has 0 saturated carbocycles. The average molecular weight is 432 g/mol. The molecule has 0 aliphatic heterocycles. The van der Waals surface area contributed by atoms with E-state index >= 15 is 0 Å². The molecule has 0 atom stereocenters. The van der Waals surface area contributed by atoms with Gasteiger partial charge in [-0.2, -0.15) is 5.10 Å². The van der Waals surface area contributed by atoms with Crippen molar-refractivity contribution in [2.24, 2.45) is 7.05 Å². The highest BCUT2D eigenvalue weighted by Crippen LogP contribution is 2.22. The molecule has 0 aliphatic rings. The Bertz CT molecular complexity index is 1210. The SMILES string of the molecule is Cc1cccc(NS(=O)(=O)c2ccc(C(=O)NCc3n[nH]c(=S)n3C)cc2)c1C. The van der Waals surface area contributed by atoms with Crippen LogP contribution >= 0.6 is 12.2 Å². The molecule has 152 valence electrons. The van der Waals surface area contributed by atoms with Crippen molar-refractivity contribution in [2.75, 3.05) is 4.72 Å².